The molecule has 2 aliphatic heterocycles. The zero-order chi connectivity index (χ0) is 15.9. The highest BCUT2D eigenvalue weighted by Gasteiger charge is 2.75. The van der Waals surface area contributed by atoms with E-state index < -0.39 is 17.1 Å². The fourth-order valence-corrected chi connectivity index (χ4v) is 5.63. The highest BCUT2D eigenvalue weighted by atomic mass is 16.6. The van der Waals surface area contributed by atoms with Crippen LogP contribution in [0.3, 0.4) is 0 Å². The maximum absolute atomic E-state index is 12.4. The van der Waals surface area contributed by atoms with Crippen LogP contribution in [-0.2, 0) is 14.3 Å². The van der Waals surface area contributed by atoms with Gasteiger partial charge >= 0.3 is 0 Å². The molecule has 5 heteroatoms. The number of fused-ring (bicyclic) bond motifs is 2. The SMILES string of the molecule is CC(=O)[C@@]1(C)CCC[C@]2(C)C3=CC(=O)NC[C@]34O[C@@H]4[C@@H](O)[C@@H]12. The van der Waals surface area contributed by atoms with Gasteiger partial charge in [-0.3, -0.25) is 9.59 Å². The minimum atomic E-state index is -0.661. The van der Waals surface area contributed by atoms with E-state index in [1.165, 1.54) is 0 Å². The number of hydrogen-bond donors (Lipinski definition) is 2. The third-order valence-electron chi connectivity index (χ3n) is 6.83. The largest absolute Gasteiger partial charge is 0.390 e. The van der Waals surface area contributed by atoms with E-state index in [9.17, 15) is 14.7 Å². The van der Waals surface area contributed by atoms with Crippen molar-refractivity contribution in [2.75, 3.05) is 6.54 Å². The van der Waals surface area contributed by atoms with Crippen LogP contribution < -0.4 is 5.32 Å². The average molecular weight is 305 g/mol. The normalized spacial score (nSPS) is 52.6. The van der Waals surface area contributed by atoms with Crippen molar-refractivity contribution in [1.82, 2.24) is 5.32 Å². The molecule has 0 aromatic heterocycles. The molecule has 0 aromatic carbocycles. The van der Waals surface area contributed by atoms with E-state index in [2.05, 4.69) is 12.2 Å². The number of hydrogen-bond acceptors (Lipinski definition) is 4. The molecule has 2 aliphatic carbocycles. The molecule has 2 N–H and O–H groups in total. The Kier molecular flexibility index (Phi) is 2.62. The monoisotopic (exact) mass is 305 g/mol. The van der Waals surface area contributed by atoms with E-state index in [4.69, 9.17) is 4.74 Å². The molecule has 6 atom stereocenters. The molecule has 4 rings (SSSR count). The van der Waals surface area contributed by atoms with Crippen LogP contribution in [0.5, 0.6) is 0 Å². The Bertz CT molecular complexity index is 614. The molecule has 2 heterocycles. The van der Waals surface area contributed by atoms with Crippen LogP contribution in [0.25, 0.3) is 0 Å². The molecule has 1 spiro atoms. The minimum absolute atomic E-state index is 0.0960. The van der Waals surface area contributed by atoms with E-state index in [-0.39, 0.29) is 29.1 Å². The van der Waals surface area contributed by atoms with Gasteiger partial charge in [0.25, 0.3) is 0 Å². The standard InChI is InChI=1S/C17H23NO4/c1-9(19)15(2)5-4-6-16(3)10-7-11(20)18-8-17(10)14(22-17)12(21)13(15)16/h7,12-14,21H,4-6,8H2,1-3H3,(H,18,20)/t12-,13-,14+,15+,16+,17-/m0/s1. The van der Waals surface area contributed by atoms with Crippen molar-refractivity contribution in [2.24, 2.45) is 16.7 Å². The lowest BCUT2D eigenvalue weighted by molar-refractivity contribution is -0.146. The Hall–Kier alpha value is -1.20. The van der Waals surface area contributed by atoms with Crippen molar-refractivity contribution >= 4 is 11.7 Å². The van der Waals surface area contributed by atoms with E-state index in [0.29, 0.717) is 6.54 Å². The van der Waals surface area contributed by atoms with Gasteiger partial charge in [0.1, 0.15) is 17.5 Å². The lowest BCUT2D eigenvalue weighted by Crippen LogP contribution is -2.62. The summed E-state index contributed by atoms with van der Waals surface area (Å²) in [7, 11) is 0. The van der Waals surface area contributed by atoms with Gasteiger partial charge in [-0.25, -0.2) is 0 Å². The second-order valence-electron chi connectivity index (χ2n) is 7.92. The first-order chi connectivity index (χ1) is 10.3. The Morgan fingerprint density at radius 3 is 2.82 bits per heavy atom. The van der Waals surface area contributed by atoms with Crippen molar-refractivity contribution in [3.8, 4) is 0 Å². The molecule has 4 aliphatic rings. The van der Waals surface area contributed by atoms with Gasteiger partial charge in [-0.15, -0.1) is 0 Å². The lowest BCUT2D eigenvalue weighted by Gasteiger charge is -2.57. The third kappa shape index (κ3) is 1.46. The van der Waals surface area contributed by atoms with Gasteiger partial charge in [-0.2, -0.15) is 0 Å². The first-order valence-corrected chi connectivity index (χ1v) is 8.13. The number of ether oxygens (including phenoxy) is 1. The summed E-state index contributed by atoms with van der Waals surface area (Å²) in [6.45, 7) is 6.12. The second kappa shape index (κ2) is 4.01. The van der Waals surface area contributed by atoms with Crippen molar-refractivity contribution in [3.63, 3.8) is 0 Å². The number of aliphatic hydroxyl groups excluding tert-OH is 1. The number of ketones is 1. The summed E-state index contributed by atoms with van der Waals surface area (Å²) >= 11 is 0. The predicted octanol–water partition coefficient (Wildman–Crippen LogP) is 0.956. The van der Waals surface area contributed by atoms with Crippen molar-refractivity contribution in [2.45, 2.75) is 57.8 Å². The van der Waals surface area contributed by atoms with Gasteiger partial charge in [0.05, 0.1) is 12.6 Å². The molecule has 120 valence electrons. The fourth-order valence-electron chi connectivity index (χ4n) is 5.63. The molecular formula is C17H23NO4. The lowest BCUT2D eigenvalue weighted by atomic mass is 9.46. The van der Waals surface area contributed by atoms with Gasteiger partial charge in [0.15, 0.2) is 0 Å². The topological polar surface area (TPSA) is 78.9 Å². The van der Waals surface area contributed by atoms with Crippen LogP contribution in [0.2, 0.25) is 0 Å². The van der Waals surface area contributed by atoms with Crippen LogP contribution in [0.4, 0.5) is 0 Å². The molecule has 22 heavy (non-hydrogen) atoms. The Labute approximate surface area is 130 Å². The summed E-state index contributed by atoms with van der Waals surface area (Å²) in [6, 6.07) is 0. The van der Waals surface area contributed by atoms with Crippen molar-refractivity contribution < 1.29 is 19.4 Å². The Balaban J connectivity index is 1.89. The maximum Gasteiger partial charge on any atom is 0.244 e. The van der Waals surface area contributed by atoms with E-state index in [0.717, 1.165) is 24.8 Å². The number of carbonyl (C=O) groups excluding carboxylic acids is 2. The number of Topliss-reactive ketones (excluding diaryl/α,β-unsaturated/α-hetero) is 1. The summed E-state index contributed by atoms with van der Waals surface area (Å²) in [6.07, 6.45) is 3.30. The second-order valence-corrected chi connectivity index (χ2v) is 7.92. The van der Waals surface area contributed by atoms with Crippen molar-refractivity contribution in [1.29, 1.82) is 0 Å². The van der Waals surface area contributed by atoms with Gasteiger partial charge in [0.2, 0.25) is 5.91 Å². The zero-order valence-corrected chi connectivity index (χ0v) is 13.3. The van der Waals surface area contributed by atoms with Gasteiger partial charge in [0, 0.05) is 17.4 Å². The van der Waals surface area contributed by atoms with Crippen LogP contribution >= 0.6 is 0 Å². The third-order valence-corrected chi connectivity index (χ3v) is 6.83. The smallest absolute Gasteiger partial charge is 0.244 e. The molecule has 0 aromatic rings. The number of amides is 1. The highest BCUT2D eigenvalue weighted by Crippen LogP contribution is 2.68. The van der Waals surface area contributed by atoms with Gasteiger partial charge < -0.3 is 15.2 Å². The molecule has 1 saturated heterocycles. The molecular weight excluding hydrogens is 282 g/mol. The summed E-state index contributed by atoms with van der Waals surface area (Å²) < 4.78 is 5.92. The van der Waals surface area contributed by atoms with Crippen LogP contribution in [0.1, 0.15) is 40.0 Å². The zero-order valence-electron chi connectivity index (χ0n) is 13.3. The number of aliphatic hydroxyl groups is 1. The highest BCUT2D eigenvalue weighted by molar-refractivity contribution is 5.91. The summed E-state index contributed by atoms with van der Waals surface area (Å²) in [4.78, 5) is 24.3. The fraction of sp³-hybridized carbons (Fsp3) is 0.765. The first kappa shape index (κ1) is 14.4. The molecule has 5 nitrogen and oxygen atoms in total. The van der Waals surface area contributed by atoms with E-state index in [1.807, 2.05) is 6.92 Å². The predicted molar refractivity (Wildman–Crippen MR) is 78.9 cm³/mol. The summed E-state index contributed by atoms with van der Waals surface area (Å²) in [5, 5.41) is 13.8. The van der Waals surface area contributed by atoms with Crippen LogP contribution in [0, 0.1) is 16.7 Å². The molecule has 2 saturated carbocycles. The Morgan fingerprint density at radius 2 is 2.14 bits per heavy atom. The van der Waals surface area contributed by atoms with Crippen molar-refractivity contribution in [3.05, 3.63) is 11.6 Å². The number of carbonyl (C=O) groups is 2. The number of epoxide rings is 1. The molecule has 0 bridgehead atoms. The van der Waals surface area contributed by atoms with E-state index >= 15 is 0 Å². The van der Waals surface area contributed by atoms with Gasteiger partial charge in [-0.05, 0) is 30.8 Å². The van der Waals surface area contributed by atoms with E-state index in [1.54, 1.807) is 13.0 Å². The van der Waals surface area contributed by atoms with Gasteiger partial charge in [-0.1, -0.05) is 20.3 Å². The molecule has 0 unspecified atom stereocenters. The Morgan fingerprint density at radius 1 is 1.41 bits per heavy atom. The number of nitrogens with one attached hydrogen (secondary N) is 1. The molecule has 1 amide bonds. The van der Waals surface area contributed by atoms with Crippen LogP contribution in [-0.4, -0.2) is 41.2 Å². The average Bonchev–Trinajstić information content (AvgIpc) is 3.16. The van der Waals surface area contributed by atoms with Crippen LogP contribution in [0.15, 0.2) is 11.6 Å². The first-order valence-electron chi connectivity index (χ1n) is 8.13. The molecule has 3 fully saturated rings. The summed E-state index contributed by atoms with van der Waals surface area (Å²) in [5.41, 5.74) is -0.452. The summed E-state index contributed by atoms with van der Waals surface area (Å²) in [5.74, 6) is -0.165. The maximum atomic E-state index is 12.4. The molecule has 0 radical (unpaired) electrons. The number of rotatable bonds is 1. The quantitative estimate of drug-likeness (QED) is 0.707. The minimum Gasteiger partial charge on any atom is -0.390 e.